The van der Waals surface area contributed by atoms with Crippen molar-refractivity contribution in [1.82, 2.24) is 4.90 Å². The van der Waals surface area contributed by atoms with Gasteiger partial charge in [-0.2, -0.15) is 0 Å². The minimum Gasteiger partial charge on any atom is -0.381 e. The Morgan fingerprint density at radius 1 is 1.12 bits per heavy atom. The van der Waals surface area contributed by atoms with Gasteiger partial charge in [-0.25, -0.2) is 0 Å². The molecule has 0 unspecified atom stereocenters. The van der Waals surface area contributed by atoms with E-state index in [0.29, 0.717) is 6.10 Å². The summed E-state index contributed by atoms with van der Waals surface area (Å²) in [6, 6.07) is 0.817. The van der Waals surface area contributed by atoms with Gasteiger partial charge in [0.15, 0.2) is 0 Å². The normalized spacial score (nSPS) is 31.7. The SMILES string of the molecule is CCN(CC1CCCCC1)C1CC(OC)C1. The van der Waals surface area contributed by atoms with E-state index < -0.39 is 0 Å². The zero-order chi connectivity index (χ0) is 11.4. The minimum absolute atomic E-state index is 0.547. The van der Waals surface area contributed by atoms with Crippen LogP contribution < -0.4 is 0 Å². The molecule has 0 aromatic rings. The van der Waals surface area contributed by atoms with E-state index in [2.05, 4.69) is 11.8 Å². The Morgan fingerprint density at radius 3 is 2.38 bits per heavy atom. The third kappa shape index (κ3) is 2.98. The van der Waals surface area contributed by atoms with Gasteiger partial charge in [-0.05, 0) is 38.1 Å². The Morgan fingerprint density at radius 2 is 1.81 bits per heavy atom. The molecule has 0 amide bonds. The van der Waals surface area contributed by atoms with Crippen molar-refractivity contribution in [3.8, 4) is 0 Å². The monoisotopic (exact) mass is 225 g/mol. The topological polar surface area (TPSA) is 12.5 Å². The van der Waals surface area contributed by atoms with Crippen molar-refractivity contribution in [1.29, 1.82) is 0 Å². The molecule has 16 heavy (non-hydrogen) atoms. The first kappa shape index (κ1) is 12.4. The predicted octanol–water partition coefficient (Wildman–Crippen LogP) is 3.07. The van der Waals surface area contributed by atoms with E-state index in [1.54, 1.807) is 0 Å². The van der Waals surface area contributed by atoms with Gasteiger partial charge >= 0.3 is 0 Å². The summed E-state index contributed by atoms with van der Waals surface area (Å²) in [4.78, 5) is 2.70. The summed E-state index contributed by atoms with van der Waals surface area (Å²) in [7, 11) is 1.85. The zero-order valence-corrected chi connectivity index (χ0v) is 11.0. The van der Waals surface area contributed by atoms with Crippen LogP contribution in [-0.4, -0.2) is 37.2 Å². The molecule has 0 saturated heterocycles. The largest absolute Gasteiger partial charge is 0.381 e. The summed E-state index contributed by atoms with van der Waals surface area (Å²) >= 11 is 0. The van der Waals surface area contributed by atoms with Gasteiger partial charge < -0.3 is 9.64 Å². The van der Waals surface area contributed by atoms with Crippen LogP contribution in [0.3, 0.4) is 0 Å². The zero-order valence-electron chi connectivity index (χ0n) is 11.0. The van der Waals surface area contributed by atoms with E-state index in [1.165, 1.54) is 58.0 Å². The van der Waals surface area contributed by atoms with E-state index in [4.69, 9.17) is 4.74 Å². The first-order valence-electron chi connectivity index (χ1n) is 7.10. The lowest BCUT2D eigenvalue weighted by Crippen LogP contribution is -2.49. The molecule has 0 aliphatic heterocycles. The summed E-state index contributed by atoms with van der Waals surface area (Å²) in [6.45, 7) is 4.87. The van der Waals surface area contributed by atoms with Crippen LogP contribution in [0.4, 0.5) is 0 Å². The quantitative estimate of drug-likeness (QED) is 0.713. The average molecular weight is 225 g/mol. The fourth-order valence-corrected chi connectivity index (χ4v) is 3.27. The highest BCUT2D eigenvalue weighted by molar-refractivity contribution is 4.88. The molecule has 0 atom stereocenters. The number of hydrogen-bond acceptors (Lipinski definition) is 2. The molecular weight excluding hydrogens is 198 g/mol. The Kier molecular flexibility index (Phi) is 4.66. The van der Waals surface area contributed by atoms with Gasteiger partial charge in [0.2, 0.25) is 0 Å². The summed E-state index contributed by atoms with van der Waals surface area (Å²) in [5.41, 5.74) is 0. The molecule has 2 aliphatic carbocycles. The Labute approximate surface area is 100 Å². The molecule has 2 fully saturated rings. The van der Waals surface area contributed by atoms with Crippen molar-refractivity contribution in [2.24, 2.45) is 5.92 Å². The van der Waals surface area contributed by atoms with Gasteiger partial charge in [0.1, 0.15) is 0 Å². The van der Waals surface area contributed by atoms with Crippen LogP contribution in [0.15, 0.2) is 0 Å². The smallest absolute Gasteiger partial charge is 0.0601 e. The lowest BCUT2D eigenvalue weighted by molar-refractivity contribution is -0.0311. The molecule has 2 aliphatic rings. The molecule has 0 bridgehead atoms. The first-order chi connectivity index (χ1) is 7.83. The second-order valence-electron chi connectivity index (χ2n) is 5.57. The molecule has 0 heterocycles. The molecule has 0 aromatic carbocycles. The number of rotatable bonds is 5. The van der Waals surface area contributed by atoms with Crippen LogP contribution in [0.2, 0.25) is 0 Å². The average Bonchev–Trinajstić information content (AvgIpc) is 2.27. The Hall–Kier alpha value is -0.0800. The predicted molar refractivity (Wildman–Crippen MR) is 67.6 cm³/mol. The summed E-state index contributed by atoms with van der Waals surface area (Å²) < 4.78 is 5.37. The van der Waals surface area contributed by atoms with Gasteiger partial charge in [-0.1, -0.05) is 26.2 Å². The fourth-order valence-electron chi connectivity index (χ4n) is 3.27. The molecule has 94 valence electrons. The van der Waals surface area contributed by atoms with Crippen molar-refractivity contribution < 1.29 is 4.74 Å². The highest BCUT2D eigenvalue weighted by Gasteiger charge is 2.33. The van der Waals surface area contributed by atoms with Crippen LogP contribution in [0.25, 0.3) is 0 Å². The fraction of sp³-hybridized carbons (Fsp3) is 1.00. The van der Waals surface area contributed by atoms with Gasteiger partial charge in [-0.3, -0.25) is 0 Å². The third-order valence-corrected chi connectivity index (χ3v) is 4.54. The first-order valence-corrected chi connectivity index (χ1v) is 7.10. The molecule has 0 aromatic heterocycles. The van der Waals surface area contributed by atoms with E-state index in [9.17, 15) is 0 Å². The second-order valence-corrected chi connectivity index (χ2v) is 5.57. The minimum atomic E-state index is 0.547. The maximum Gasteiger partial charge on any atom is 0.0601 e. The van der Waals surface area contributed by atoms with E-state index in [0.717, 1.165) is 12.0 Å². The number of hydrogen-bond donors (Lipinski definition) is 0. The maximum atomic E-state index is 5.37. The second kappa shape index (κ2) is 6.02. The van der Waals surface area contributed by atoms with E-state index in [1.807, 2.05) is 7.11 Å². The highest BCUT2D eigenvalue weighted by Crippen LogP contribution is 2.31. The highest BCUT2D eigenvalue weighted by atomic mass is 16.5. The molecule has 2 rings (SSSR count). The van der Waals surface area contributed by atoms with Crippen LogP contribution in [0, 0.1) is 5.92 Å². The van der Waals surface area contributed by atoms with Crippen LogP contribution in [0.1, 0.15) is 51.9 Å². The van der Waals surface area contributed by atoms with Crippen LogP contribution in [-0.2, 0) is 4.74 Å². The van der Waals surface area contributed by atoms with E-state index >= 15 is 0 Å². The van der Waals surface area contributed by atoms with Crippen LogP contribution >= 0.6 is 0 Å². The van der Waals surface area contributed by atoms with Gasteiger partial charge in [0.25, 0.3) is 0 Å². The van der Waals surface area contributed by atoms with Crippen molar-refractivity contribution in [3.05, 3.63) is 0 Å². The lowest BCUT2D eigenvalue weighted by atomic mass is 9.84. The summed E-state index contributed by atoms with van der Waals surface area (Å²) in [5, 5.41) is 0. The molecule has 2 heteroatoms. The van der Waals surface area contributed by atoms with Crippen molar-refractivity contribution in [2.75, 3.05) is 20.2 Å². The van der Waals surface area contributed by atoms with E-state index in [-0.39, 0.29) is 0 Å². The number of methoxy groups -OCH3 is 1. The number of ether oxygens (including phenoxy) is 1. The molecular formula is C14H27NO. The molecule has 0 spiro atoms. The van der Waals surface area contributed by atoms with Gasteiger partial charge in [0.05, 0.1) is 6.10 Å². The number of nitrogens with zero attached hydrogens (tertiary/aromatic N) is 1. The van der Waals surface area contributed by atoms with Crippen molar-refractivity contribution >= 4 is 0 Å². The van der Waals surface area contributed by atoms with Gasteiger partial charge in [0, 0.05) is 19.7 Å². The van der Waals surface area contributed by atoms with Crippen molar-refractivity contribution in [3.63, 3.8) is 0 Å². The summed E-state index contributed by atoms with van der Waals surface area (Å²) in [6.07, 6.45) is 10.4. The summed E-state index contributed by atoms with van der Waals surface area (Å²) in [5.74, 6) is 0.982. The van der Waals surface area contributed by atoms with Crippen molar-refractivity contribution in [2.45, 2.75) is 64.0 Å². The lowest BCUT2D eigenvalue weighted by Gasteiger charge is -2.43. The molecule has 2 nitrogen and oxygen atoms in total. The molecule has 2 saturated carbocycles. The standard InChI is InChI=1S/C14H27NO/c1-3-15(13-9-14(10-13)16-2)11-12-7-5-4-6-8-12/h12-14H,3-11H2,1-2H3. The Balaban J connectivity index is 1.72. The third-order valence-electron chi connectivity index (χ3n) is 4.54. The maximum absolute atomic E-state index is 5.37. The molecule has 0 radical (unpaired) electrons. The van der Waals surface area contributed by atoms with Crippen LogP contribution in [0.5, 0.6) is 0 Å². The Bertz CT molecular complexity index is 195. The molecule has 0 N–H and O–H groups in total. The van der Waals surface area contributed by atoms with Gasteiger partial charge in [-0.15, -0.1) is 0 Å².